The second kappa shape index (κ2) is 5.97. The number of benzene rings is 1. The number of likely N-dealkylation sites (tertiary alicyclic amines) is 1. The summed E-state index contributed by atoms with van der Waals surface area (Å²) in [6, 6.07) is 9.66. The van der Waals surface area contributed by atoms with Gasteiger partial charge in [-0.15, -0.1) is 0 Å². The molecule has 1 N–H and O–H groups in total. The number of hydrogen-bond donors (Lipinski definition) is 2. The lowest BCUT2D eigenvalue weighted by atomic mass is 9.79. The Labute approximate surface area is 120 Å². The molecule has 1 atom stereocenters. The summed E-state index contributed by atoms with van der Waals surface area (Å²) in [5, 5.41) is 3.29. The molecule has 0 bridgehead atoms. The first-order valence-corrected chi connectivity index (χ1v) is 7.31. The highest BCUT2D eigenvalue weighted by atomic mass is 32.1. The van der Waals surface area contributed by atoms with Gasteiger partial charge in [-0.25, -0.2) is 0 Å². The fourth-order valence-corrected chi connectivity index (χ4v) is 2.65. The van der Waals surface area contributed by atoms with Gasteiger partial charge in [0.1, 0.15) is 0 Å². The van der Waals surface area contributed by atoms with Gasteiger partial charge in [0.25, 0.3) is 0 Å². The van der Waals surface area contributed by atoms with Gasteiger partial charge >= 0.3 is 0 Å². The smallest absolute Gasteiger partial charge is 0.230 e. The number of amides is 1. The number of nitrogens with zero attached hydrogens (tertiary/aromatic N) is 1. The standard InChI is InChI=1S/C15H22N2OS/c1-12(19)17-10-8-15(2,9-11-17)14(18)16-13-6-4-3-5-7-13/h3-7,12,19H,8-11H2,1-2H3,(H,16,18). The zero-order chi connectivity index (χ0) is 13.9. The van der Waals surface area contributed by atoms with Crippen LogP contribution in [0.1, 0.15) is 26.7 Å². The molecule has 1 aliphatic rings. The topological polar surface area (TPSA) is 32.3 Å². The number of nitrogens with one attached hydrogen (secondary N) is 1. The van der Waals surface area contributed by atoms with Crippen LogP contribution >= 0.6 is 12.6 Å². The largest absolute Gasteiger partial charge is 0.326 e. The third kappa shape index (κ3) is 3.51. The molecule has 1 heterocycles. The molecule has 104 valence electrons. The molecule has 1 aromatic carbocycles. The number of para-hydroxylation sites is 1. The molecule has 19 heavy (non-hydrogen) atoms. The third-order valence-electron chi connectivity index (χ3n) is 4.01. The Morgan fingerprint density at radius 3 is 2.42 bits per heavy atom. The van der Waals surface area contributed by atoms with E-state index in [1.807, 2.05) is 30.3 Å². The maximum absolute atomic E-state index is 12.4. The maximum Gasteiger partial charge on any atom is 0.230 e. The molecule has 3 nitrogen and oxygen atoms in total. The van der Waals surface area contributed by atoms with E-state index in [9.17, 15) is 4.79 Å². The Hall–Kier alpha value is -1.00. The van der Waals surface area contributed by atoms with E-state index in [1.54, 1.807) is 0 Å². The van der Waals surface area contributed by atoms with E-state index in [-0.39, 0.29) is 16.7 Å². The second-order valence-corrected chi connectivity index (χ2v) is 6.30. The summed E-state index contributed by atoms with van der Waals surface area (Å²) in [6.45, 7) is 6.01. The molecule has 1 fully saturated rings. The predicted molar refractivity (Wildman–Crippen MR) is 82.4 cm³/mol. The fourth-order valence-electron chi connectivity index (χ4n) is 2.42. The first-order chi connectivity index (χ1) is 9.01. The molecule has 0 aromatic heterocycles. The minimum Gasteiger partial charge on any atom is -0.326 e. The van der Waals surface area contributed by atoms with Crippen LogP contribution in [0.2, 0.25) is 0 Å². The molecule has 0 radical (unpaired) electrons. The van der Waals surface area contributed by atoms with Crippen LogP contribution in [0.15, 0.2) is 30.3 Å². The van der Waals surface area contributed by atoms with Crippen LogP contribution in [0.3, 0.4) is 0 Å². The van der Waals surface area contributed by atoms with Gasteiger partial charge in [-0.2, -0.15) is 12.6 Å². The Kier molecular flexibility index (Phi) is 4.53. The van der Waals surface area contributed by atoms with Crippen molar-refractivity contribution in [2.75, 3.05) is 18.4 Å². The average molecular weight is 278 g/mol. The zero-order valence-corrected chi connectivity index (χ0v) is 12.5. The first kappa shape index (κ1) is 14.4. The molecule has 1 saturated heterocycles. The molecule has 1 unspecified atom stereocenters. The van der Waals surface area contributed by atoms with Crippen LogP contribution in [-0.2, 0) is 4.79 Å². The molecule has 1 aromatic rings. The number of anilines is 1. The Morgan fingerprint density at radius 1 is 1.32 bits per heavy atom. The number of carbonyl (C=O) groups is 1. The Morgan fingerprint density at radius 2 is 1.89 bits per heavy atom. The van der Waals surface area contributed by atoms with Crippen molar-refractivity contribution < 1.29 is 4.79 Å². The highest BCUT2D eigenvalue weighted by Gasteiger charge is 2.37. The van der Waals surface area contributed by atoms with Gasteiger partial charge in [-0.05, 0) is 31.9 Å². The minimum atomic E-state index is -0.269. The quantitative estimate of drug-likeness (QED) is 0.833. The van der Waals surface area contributed by atoms with Crippen molar-refractivity contribution in [2.45, 2.75) is 32.1 Å². The lowest BCUT2D eigenvalue weighted by Crippen LogP contribution is -2.46. The molecule has 1 amide bonds. The zero-order valence-electron chi connectivity index (χ0n) is 11.6. The summed E-state index contributed by atoms with van der Waals surface area (Å²) < 4.78 is 0. The van der Waals surface area contributed by atoms with E-state index in [0.29, 0.717) is 0 Å². The highest BCUT2D eigenvalue weighted by Crippen LogP contribution is 2.33. The van der Waals surface area contributed by atoms with Crippen LogP contribution in [0.4, 0.5) is 5.69 Å². The molecule has 1 aliphatic heterocycles. The number of piperidine rings is 1. The van der Waals surface area contributed by atoms with Gasteiger partial charge in [0.15, 0.2) is 0 Å². The lowest BCUT2D eigenvalue weighted by Gasteiger charge is -2.39. The number of carbonyl (C=O) groups excluding carboxylic acids is 1. The fraction of sp³-hybridized carbons (Fsp3) is 0.533. The van der Waals surface area contributed by atoms with Crippen molar-refractivity contribution in [1.29, 1.82) is 0 Å². The Balaban J connectivity index is 1.96. The number of hydrogen-bond acceptors (Lipinski definition) is 3. The average Bonchev–Trinajstić information content (AvgIpc) is 2.40. The molecule has 0 aliphatic carbocycles. The normalized spacial score (nSPS) is 20.8. The van der Waals surface area contributed by atoms with Crippen LogP contribution < -0.4 is 5.32 Å². The predicted octanol–water partition coefficient (Wildman–Crippen LogP) is 3.00. The number of thiol groups is 1. The van der Waals surface area contributed by atoms with E-state index in [2.05, 4.69) is 36.7 Å². The summed E-state index contributed by atoms with van der Waals surface area (Å²) in [5.74, 6) is 0.130. The monoisotopic (exact) mass is 278 g/mol. The second-order valence-electron chi connectivity index (χ2n) is 5.55. The molecule has 2 rings (SSSR count). The van der Waals surface area contributed by atoms with Gasteiger partial charge < -0.3 is 5.32 Å². The summed E-state index contributed by atoms with van der Waals surface area (Å²) in [5.41, 5.74) is 0.605. The van der Waals surface area contributed by atoms with Crippen molar-refractivity contribution in [3.05, 3.63) is 30.3 Å². The molecular formula is C15H22N2OS. The van der Waals surface area contributed by atoms with Gasteiger partial charge in [0.2, 0.25) is 5.91 Å². The minimum absolute atomic E-state index is 0.130. The summed E-state index contributed by atoms with van der Waals surface area (Å²) in [7, 11) is 0. The van der Waals surface area contributed by atoms with Crippen molar-refractivity contribution in [3.8, 4) is 0 Å². The summed E-state index contributed by atoms with van der Waals surface area (Å²) >= 11 is 4.46. The summed E-state index contributed by atoms with van der Waals surface area (Å²) in [4.78, 5) is 14.7. The van der Waals surface area contributed by atoms with Crippen LogP contribution in [0, 0.1) is 5.41 Å². The maximum atomic E-state index is 12.4. The van der Waals surface area contributed by atoms with Crippen molar-refractivity contribution >= 4 is 24.2 Å². The molecule has 0 spiro atoms. The van der Waals surface area contributed by atoms with E-state index < -0.39 is 0 Å². The first-order valence-electron chi connectivity index (χ1n) is 6.80. The highest BCUT2D eigenvalue weighted by molar-refractivity contribution is 7.80. The number of rotatable bonds is 3. The molecule has 0 saturated carbocycles. The van der Waals surface area contributed by atoms with E-state index >= 15 is 0 Å². The van der Waals surface area contributed by atoms with Gasteiger partial charge in [-0.3, -0.25) is 9.69 Å². The van der Waals surface area contributed by atoms with Crippen LogP contribution in [0.25, 0.3) is 0 Å². The van der Waals surface area contributed by atoms with Gasteiger partial charge in [-0.1, -0.05) is 25.1 Å². The van der Waals surface area contributed by atoms with Crippen LogP contribution in [-0.4, -0.2) is 29.3 Å². The van der Waals surface area contributed by atoms with E-state index in [0.717, 1.165) is 31.6 Å². The van der Waals surface area contributed by atoms with E-state index in [1.165, 1.54) is 0 Å². The molecular weight excluding hydrogens is 256 g/mol. The van der Waals surface area contributed by atoms with Gasteiger partial charge in [0, 0.05) is 29.6 Å². The molecule has 4 heteroatoms. The summed E-state index contributed by atoms with van der Waals surface area (Å²) in [6.07, 6.45) is 1.77. The van der Waals surface area contributed by atoms with Crippen molar-refractivity contribution in [3.63, 3.8) is 0 Å². The van der Waals surface area contributed by atoms with Crippen molar-refractivity contribution in [1.82, 2.24) is 4.90 Å². The lowest BCUT2D eigenvalue weighted by molar-refractivity contribution is -0.127. The van der Waals surface area contributed by atoms with Crippen molar-refractivity contribution in [2.24, 2.45) is 5.41 Å². The van der Waals surface area contributed by atoms with Crippen LogP contribution in [0.5, 0.6) is 0 Å². The SMILES string of the molecule is CC(S)N1CCC(C)(C(=O)Nc2ccccc2)CC1. The third-order valence-corrected chi connectivity index (χ3v) is 4.34. The van der Waals surface area contributed by atoms with Gasteiger partial charge in [0.05, 0.1) is 0 Å². The van der Waals surface area contributed by atoms with E-state index in [4.69, 9.17) is 0 Å². The Bertz CT molecular complexity index is 425.